The Balaban J connectivity index is 1.93. The standard InChI is InChI=1S/C14H26N2O2/c1-10-6-5-7-11(2)16(10)14(18)15-12-8-3-4-9-13(12)17/h10-13,17H,3-9H2,1-2H3,(H,15,18). The predicted octanol–water partition coefficient (Wildman–Crippen LogP) is 2.26. The summed E-state index contributed by atoms with van der Waals surface area (Å²) in [6.45, 7) is 4.24. The first kappa shape index (κ1) is 13.7. The number of piperidine rings is 1. The van der Waals surface area contributed by atoms with Crippen LogP contribution in [0.5, 0.6) is 0 Å². The third-order valence-electron chi connectivity index (χ3n) is 4.47. The Hall–Kier alpha value is -0.770. The van der Waals surface area contributed by atoms with E-state index in [4.69, 9.17) is 0 Å². The van der Waals surface area contributed by atoms with Crippen molar-refractivity contribution in [3.8, 4) is 0 Å². The van der Waals surface area contributed by atoms with Crippen LogP contribution in [0.1, 0.15) is 58.8 Å². The largest absolute Gasteiger partial charge is 0.391 e. The van der Waals surface area contributed by atoms with Gasteiger partial charge in [-0.2, -0.15) is 0 Å². The molecule has 1 saturated carbocycles. The Labute approximate surface area is 110 Å². The SMILES string of the molecule is CC1CCCC(C)N1C(=O)NC1CCCCC1O. The summed E-state index contributed by atoms with van der Waals surface area (Å²) in [5, 5.41) is 13.0. The van der Waals surface area contributed by atoms with E-state index in [0.29, 0.717) is 12.1 Å². The minimum absolute atomic E-state index is 0.0145. The minimum Gasteiger partial charge on any atom is -0.391 e. The zero-order valence-electron chi connectivity index (χ0n) is 11.6. The van der Waals surface area contributed by atoms with Crippen molar-refractivity contribution in [1.82, 2.24) is 10.2 Å². The maximum atomic E-state index is 12.3. The Kier molecular flexibility index (Phi) is 4.49. The van der Waals surface area contributed by atoms with Crippen molar-refractivity contribution in [2.75, 3.05) is 0 Å². The molecule has 2 aliphatic rings. The van der Waals surface area contributed by atoms with Crippen LogP contribution in [-0.2, 0) is 0 Å². The minimum atomic E-state index is -0.363. The Morgan fingerprint density at radius 3 is 2.28 bits per heavy atom. The second-order valence-corrected chi connectivity index (χ2v) is 5.94. The summed E-state index contributed by atoms with van der Waals surface area (Å²) in [5.74, 6) is 0. The third-order valence-corrected chi connectivity index (χ3v) is 4.47. The quantitative estimate of drug-likeness (QED) is 0.754. The van der Waals surface area contributed by atoms with Crippen LogP contribution in [0.4, 0.5) is 4.79 Å². The highest BCUT2D eigenvalue weighted by atomic mass is 16.3. The summed E-state index contributed by atoms with van der Waals surface area (Å²) >= 11 is 0. The first-order valence-electron chi connectivity index (χ1n) is 7.36. The lowest BCUT2D eigenvalue weighted by Crippen LogP contribution is -2.56. The van der Waals surface area contributed by atoms with Gasteiger partial charge in [-0.15, -0.1) is 0 Å². The molecule has 4 nitrogen and oxygen atoms in total. The number of urea groups is 1. The lowest BCUT2D eigenvalue weighted by molar-refractivity contribution is 0.0781. The monoisotopic (exact) mass is 254 g/mol. The maximum Gasteiger partial charge on any atom is 0.318 e. The summed E-state index contributed by atoms with van der Waals surface area (Å²) in [5.41, 5.74) is 0. The van der Waals surface area contributed by atoms with Gasteiger partial charge in [-0.3, -0.25) is 0 Å². The predicted molar refractivity (Wildman–Crippen MR) is 71.4 cm³/mol. The van der Waals surface area contributed by atoms with Crippen molar-refractivity contribution in [1.29, 1.82) is 0 Å². The number of amides is 2. The summed E-state index contributed by atoms with van der Waals surface area (Å²) in [7, 11) is 0. The van der Waals surface area contributed by atoms with Crippen LogP contribution in [0.3, 0.4) is 0 Å². The second kappa shape index (κ2) is 5.91. The van der Waals surface area contributed by atoms with Gasteiger partial charge < -0.3 is 15.3 Å². The van der Waals surface area contributed by atoms with Crippen molar-refractivity contribution in [3.05, 3.63) is 0 Å². The van der Waals surface area contributed by atoms with E-state index >= 15 is 0 Å². The molecule has 2 rings (SSSR count). The normalized spacial score (nSPS) is 37.4. The second-order valence-electron chi connectivity index (χ2n) is 5.94. The average molecular weight is 254 g/mol. The summed E-state index contributed by atoms with van der Waals surface area (Å²) in [4.78, 5) is 14.3. The molecule has 0 aromatic rings. The van der Waals surface area contributed by atoms with E-state index in [1.165, 1.54) is 6.42 Å². The zero-order chi connectivity index (χ0) is 13.1. The van der Waals surface area contributed by atoms with E-state index in [1.807, 2.05) is 4.90 Å². The van der Waals surface area contributed by atoms with Gasteiger partial charge in [-0.1, -0.05) is 12.8 Å². The van der Waals surface area contributed by atoms with E-state index in [0.717, 1.165) is 38.5 Å². The van der Waals surface area contributed by atoms with Gasteiger partial charge in [0.25, 0.3) is 0 Å². The molecule has 4 unspecified atom stereocenters. The summed E-state index contributed by atoms with van der Waals surface area (Å²) in [6.07, 6.45) is 6.92. The maximum absolute atomic E-state index is 12.3. The molecule has 1 heterocycles. The number of hydrogen-bond acceptors (Lipinski definition) is 2. The zero-order valence-corrected chi connectivity index (χ0v) is 11.6. The first-order valence-corrected chi connectivity index (χ1v) is 7.36. The molecule has 0 aromatic carbocycles. The van der Waals surface area contributed by atoms with Crippen LogP contribution in [-0.4, -0.2) is 40.3 Å². The van der Waals surface area contributed by atoms with E-state index in [9.17, 15) is 9.90 Å². The lowest BCUT2D eigenvalue weighted by atomic mass is 9.92. The van der Waals surface area contributed by atoms with Crippen LogP contribution < -0.4 is 5.32 Å². The number of aliphatic hydroxyl groups is 1. The molecule has 1 saturated heterocycles. The molecule has 2 amide bonds. The molecule has 0 bridgehead atoms. The van der Waals surface area contributed by atoms with E-state index in [2.05, 4.69) is 19.2 Å². The number of rotatable bonds is 1. The molecule has 1 aliphatic carbocycles. The van der Waals surface area contributed by atoms with Crippen LogP contribution in [0, 0.1) is 0 Å². The van der Waals surface area contributed by atoms with Crippen LogP contribution in [0.15, 0.2) is 0 Å². The highest BCUT2D eigenvalue weighted by Crippen LogP contribution is 2.24. The average Bonchev–Trinajstić information content (AvgIpc) is 2.32. The van der Waals surface area contributed by atoms with Gasteiger partial charge in [0.05, 0.1) is 12.1 Å². The molecule has 0 aromatic heterocycles. The molecule has 4 atom stereocenters. The number of nitrogens with one attached hydrogen (secondary N) is 1. The first-order chi connectivity index (χ1) is 8.59. The fourth-order valence-electron chi connectivity index (χ4n) is 3.33. The molecule has 18 heavy (non-hydrogen) atoms. The third kappa shape index (κ3) is 2.97. The topological polar surface area (TPSA) is 52.6 Å². The van der Waals surface area contributed by atoms with E-state index in [1.54, 1.807) is 0 Å². The van der Waals surface area contributed by atoms with Crippen molar-refractivity contribution in [2.45, 2.75) is 83.0 Å². The van der Waals surface area contributed by atoms with Crippen molar-refractivity contribution in [2.24, 2.45) is 0 Å². The number of carbonyl (C=O) groups excluding carboxylic acids is 1. The summed E-state index contributed by atoms with van der Waals surface area (Å²) < 4.78 is 0. The molecule has 0 radical (unpaired) electrons. The number of likely N-dealkylation sites (tertiary alicyclic amines) is 1. The van der Waals surface area contributed by atoms with E-state index in [-0.39, 0.29) is 18.2 Å². The van der Waals surface area contributed by atoms with E-state index < -0.39 is 0 Å². The molecule has 2 N–H and O–H groups in total. The Bertz CT molecular complexity index is 286. The molecular weight excluding hydrogens is 228 g/mol. The van der Waals surface area contributed by atoms with Crippen LogP contribution in [0.2, 0.25) is 0 Å². The molecule has 2 fully saturated rings. The number of hydrogen-bond donors (Lipinski definition) is 2. The molecular formula is C14H26N2O2. The highest BCUT2D eigenvalue weighted by Gasteiger charge is 2.32. The molecule has 4 heteroatoms. The smallest absolute Gasteiger partial charge is 0.318 e. The number of nitrogens with zero attached hydrogens (tertiary/aromatic N) is 1. The van der Waals surface area contributed by atoms with Gasteiger partial charge in [0.2, 0.25) is 0 Å². The fourth-order valence-corrected chi connectivity index (χ4v) is 3.33. The number of aliphatic hydroxyl groups excluding tert-OH is 1. The van der Waals surface area contributed by atoms with Crippen molar-refractivity contribution in [3.63, 3.8) is 0 Å². The van der Waals surface area contributed by atoms with Crippen molar-refractivity contribution >= 4 is 6.03 Å². The molecule has 1 aliphatic heterocycles. The van der Waals surface area contributed by atoms with Crippen molar-refractivity contribution < 1.29 is 9.90 Å². The van der Waals surface area contributed by atoms with Crippen LogP contribution >= 0.6 is 0 Å². The number of carbonyl (C=O) groups is 1. The van der Waals surface area contributed by atoms with Gasteiger partial charge in [0.15, 0.2) is 0 Å². The van der Waals surface area contributed by atoms with Gasteiger partial charge in [-0.05, 0) is 46.0 Å². The highest BCUT2D eigenvalue weighted by molar-refractivity contribution is 5.75. The molecule has 104 valence electrons. The van der Waals surface area contributed by atoms with Gasteiger partial charge >= 0.3 is 6.03 Å². The summed E-state index contributed by atoms with van der Waals surface area (Å²) in [6, 6.07) is 0.595. The lowest BCUT2D eigenvalue weighted by Gasteiger charge is -2.40. The fraction of sp³-hybridized carbons (Fsp3) is 0.929. The molecule has 0 spiro atoms. The van der Waals surface area contributed by atoms with Gasteiger partial charge in [0.1, 0.15) is 0 Å². The Morgan fingerprint density at radius 2 is 1.67 bits per heavy atom. The van der Waals surface area contributed by atoms with Crippen LogP contribution in [0.25, 0.3) is 0 Å². The van der Waals surface area contributed by atoms with Gasteiger partial charge in [-0.25, -0.2) is 4.79 Å². The Morgan fingerprint density at radius 1 is 1.06 bits per heavy atom. The van der Waals surface area contributed by atoms with Gasteiger partial charge in [0, 0.05) is 12.1 Å².